The van der Waals surface area contributed by atoms with Gasteiger partial charge in [-0.25, -0.2) is 4.39 Å². The molecule has 14 heavy (non-hydrogen) atoms. The summed E-state index contributed by atoms with van der Waals surface area (Å²) in [5, 5.41) is 0. The third-order valence-electron chi connectivity index (χ3n) is 2.71. The number of hydrogen-bond donors (Lipinski definition) is 0. The van der Waals surface area contributed by atoms with Crippen LogP contribution in [0.4, 0.5) is 4.39 Å². The molecule has 0 radical (unpaired) electrons. The average molecular weight is 194 g/mol. The molecule has 2 nitrogen and oxygen atoms in total. The van der Waals surface area contributed by atoms with E-state index in [2.05, 4.69) is 0 Å². The molecule has 2 heterocycles. The van der Waals surface area contributed by atoms with E-state index < -0.39 is 6.36 Å². The number of rotatable bonds is 0. The Balaban J connectivity index is 2.05. The van der Waals surface area contributed by atoms with E-state index in [0.29, 0.717) is 12.2 Å². The van der Waals surface area contributed by atoms with Crippen LogP contribution in [-0.4, -0.2) is 12.5 Å². The molecule has 0 saturated heterocycles. The van der Waals surface area contributed by atoms with Crippen LogP contribution in [0, 0.1) is 0 Å². The quantitative estimate of drug-likeness (QED) is 0.630. The molecule has 0 bridgehead atoms. The number of halogens is 1. The van der Waals surface area contributed by atoms with Crippen LogP contribution in [0.15, 0.2) is 12.1 Å². The molecule has 1 aromatic rings. The lowest BCUT2D eigenvalue weighted by Crippen LogP contribution is -2.05. The van der Waals surface area contributed by atoms with Gasteiger partial charge in [0.25, 0.3) is 0 Å². The van der Waals surface area contributed by atoms with Crippen molar-refractivity contribution in [2.75, 3.05) is 0 Å². The topological polar surface area (TPSA) is 18.5 Å². The number of fused-ring (bicyclic) bond motifs is 2. The highest BCUT2D eigenvalue weighted by Gasteiger charge is 2.27. The lowest BCUT2D eigenvalue weighted by Gasteiger charge is -2.04. The normalized spacial score (nSPS) is 27.9. The van der Waals surface area contributed by atoms with Gasteiger partial charge < -0.3 is 9.47 Å². The number of benzene rings is 1. The zero-order valence-electron chi connectivity index (χ0n) is 7.92. The Morgan fingerprint density at radius 1 is 1.14 bits per heavy atom. The van der Waals surface area contributed by atoms with E-state index in [1.807, 2.05) is 19.1 Å². The van der Waals surface area contributed by atoms with Crippen LogP contribution in [0.3, 0.4) is 0 Å². The van der Waals surface area contributed by atoms with E-state index in [0.717, 1.165) is 17.7 Å². The van der Waals surface area contributed by atoms with E-state index in [4.69, 9.17) is 9.47 Å². The molecule has 3 rings (SSSR count). The van der Waals surface area contributed by atoms with E-state index >= 15 is 0 Å². The summed E-state index contributed by atoms with van der Waals surface area (Å²) in [6, 6.07) is 3.82. The first-order valence-electron chi connectivity index (χ1n) is 4.85. The molecule has 2 aliphatic rings. The molecule has 1 aromatic carbocycles. The largest absolute Gasteiger partial charge is 0.490 e. The van der Waals surface area contributed by atoms with Crippen molar-refractivity contribution in [3.63, 3.8) is 0 Å². The number of alkyl halides is 1. The molecule has 0 N–H and O–H groups in total. The molecule has 0 fully saturated rings. The predicted octanol–water partition coefficient (Wildman–Crippen LogP) is 2.24. The molecule has 0 aliphatic carbocycles. The summed E-state index contributed by atoms with van der Waals surface area (Å²) in [7, 11) is 0. The summed E-state index contributed by atoms with van der Waals surface area (Å²) < 4.78 is 23.5. The highest BCUT2D eigenvalue weighted by Crippen LogP contribution is 2.39. The summed E-state index contributed by atoms with van der Waals surface area (Å²) in [6.45, 7) is 2.03. The maximum Gasteiger partial charge on any atom is 0.242 e. The third kappa shape index (κ3) is 1.08. The fraction of sp³-hybridized carbons (Fsp3) is 0.455. The number of ether oxygens (including phenoxy) is 2. The van der Waals surface area contributed by atoms with Crippen LogP contribution in [0.25, 0.3) is 0 Å². The van der Waals surface area contributed by atoms with Crippen molar-refractivity contribution in [2.45, 2.75) is 32.2 Å². The lowest BCUT2D eigenvalue weighted by atomic mass is 10.1. The zero-order chi connectivity index (χ0) is 9.71. The summed E-state index contributed by atoms with van der Waals surface area (Å²) in [4.78, 5) is 0. The van der Waals surface area contributed by atoms with Gasteiger partial charge in [-0.15, -0.1) is 0 Å². The Morgan fingerprint density at radius 3 is 2.71 bits per heavy atom. The second-order valence-corrected chi connectivity index (χ2v) is 3.93. The van der Waals surface area contributed by atoms with Gasteiger partial charge in [-0.1, -0.05) is 0 Å². The van der Waals surface area contributed by atoms with Crippen LogP contribution < -0.4 is 9.47 Å². The third-order valence-corrected chi connectivity index (χ3v) is 2.71. The summed E-state index contributed by atoms with van der Waals surface area (Å²) in [5.41, 5.74) is 2.14. The van der Waals surface area contributed by atoms with Gasteiger partial charge in [-0.2, -0.15) is 0 Å². The van der Waals surface area contributed by atoms with Crippen molar-refractivity contribution in [3.05, 3.63) is 23.3 Å². The van der Waals surface area contributed by atoms with Crippen LogP contribution in [-0.2, 0) is 12.8 Å². The van der Waals surface area contributed by atoms with Crippen molar-refractivity contribution in [1.29, 1.82) is 0 Å². The Morgan fingerprint density at radius 2 is 1.86 bits per heavy atom. The minimum Gasteiger partial charge on any atom is -0.490 e. The Hall–Kier alpha value is -1.25. The molecule has 2 atom stereocenters. The van der Waals surface area contributed by atoms with Crippen molar-refractivity contribution < 1.29 is 13.9 Å². The molecule has 74 valence electrons. The number of hydrogen-bond acceptors (Lipinski definition) is 2. The van der Waals surface area contributed by atoms with Gasteiger partial charge in [0.15, 0.2) is 0 Å². The molecule has 0 saturated carbocycles. The minimum absolute atomic E-state index is 0.230. The highest BCUT2D eigenvalue weighted by molar-refractivity contribution is 5.50. The average Bonchev–Trinajstić information content (AvgIpc) is 2.59. The second kappa shape index (κ2) is 2.62. The molecular formula is C11H11FO2. The van der Waals surface area contributed by atoms with Gasteiger partial charge in [-0.05, 0) is 18.6 Å². The van der Waals surface area contributed by atoms with Crippen LogP contribution in [0.1, 0.15) is 18.1 Å². The van der Waals surface area contributed by atoms with Gasteiger partial charge in [0, 0.05) is 24.5 Å². The molecule has 2 unspecified atom stereocenters. The molecule has 3 heteroatoms. The SMILES string of the molecule is CC1Cc2cc3c(cc2O1)OC(F)C3. The second-order valence-electron chi connectivity index (χ2n) is 3.93. The van der Waals surface area contributed by atoms with Crippen LogP contribution in [0.2, 0.25) is 0 Å². The smallest absolute Gasteiger partial charge is 0.242 e. The van der Waals surface area contributed by atoms with Gasteiger partial charge in [0.05, 0.1) is 0 Å². The maximum atomic E-state index is 12.9. The zero-order valence-corrected chi connectivity index (χ0v) is 7.92. The van der Waals surface area contributed by atoms with Crippen molar-refractivity contribution in [1.82, 2.24) is 0 Å². The van der Waals surface area contributed by atoms with E-state index in [-0.39, 0.29) is 6.10 Å². The van der Waals surface area contributed by atoms with E-state index in [9.17, 15) is 4.39 Å². The lowest BCUT2D eigenvalue weighted by molar-refractivity contribution is 0.0908. The first kappa shape index (κ1) is 8.09. The standard InChI is InChI=1S/C11H11FO2/c1-6-2-7-3-8-4-11(12)14-10(8)5-9(7)13-6/h3,5-6,11H,2,4H2,1H3. The van der Waals surface area contributed by atoms with Crippen molar-refractivity contribution >= 4 is 0 Å². The summed E-state index contributed by atoms with van der Waals surface area (Å²) in [5.74, 6) is 1.50. The van der Waals surface area contributed by atoms with Gasteiger partial charge in [-0.3, -0.25) is 0 Å². The van der Waals surface area contributed by atoms with Crippen molar-refractivity contribution in [3.8, 4) is 11.5 Å². The molecule has 0 spiro atoms. The highest BCUT2D eigenvalue weighted by atomic mass is 19.1. The monoisotopic (exact) mass is 194 g/mol. The molecule has 0 aromatic heterocycles. The van der Waals surface area contributed by atoms with E-state index in [1.54, 1.807) is 0 Å². The Labute approximate surface area is 81.6 Å². The van der Waals surface area contributed by atoms with Gasteiger partial charge in [0.1, 0.15) is 17.6 Å². The van der Waals surface area contributed by atoms with E-state index in [1.165, 1.54) is 5.56 Å². The molecule has 2 aliphatic heterocycles. The first-order valence-corrected chi connectivity index (χ1v) is 4.85. The van der Waals surface area contributed by atoms with Gasteiger partial charge >= 0.3 is 0 Å². The fourth-order valence-electron chi connectivity index (χ4n) is 2.12. The first-order chi connectivity index (χ1) is 6.72. The van der Waals surface area contributed by atoms with Crippen molar-refractivity contribution in [2.24, 2.45) is 0 Å². The summed E-state index contributed by atoms with van der Waals surface area (Å²) in [6.07, 6.45) is 0.343. The summed E-state index contributed by atoms with van der Waals surface area (Å²) >= 11 is 0. The maximum absolute atomic E-state index is 12.9. The predicted molar refractivity (Wildman–Crippen MR) is 49.5 cm³/mol. The Kier molecular flexibility index (Phi) is 1.52. The molecule has 0 amide bonds. The van der Waals surface area contributed by atoms with Crippen LogP contribution in [0.5, 0.6) is 11.5 Å². The van der Waals surface area contributed by atoms with Gasteiger partial charge in [0.2, 0.25) is 6.36 Å². The molecular weight excluding hydrogens is 183 g/mol. The fourth-order valence-corrected chi connectivity index (χ4v) is 2.12. The van der Waals surface area contributed by atoms with Crippen LogP contribution >= 0.6 is 0 Å². The minimum atomic E-state index is -1.18. The Bertz CT molecular complexity index is 321.